The van der Waals surface area contributed by atoms with Gasteiger partial charge >= 0.3 is 5.97 Å². The van der Waals surface area contributed by atoms with E-state index in [1.165, 1.54) is 6.20 Å². The van der Waals surface area contributed by atoms with Crippen LogP contribution in [0.2, 0.25) is 0 Å². The van der Waals surface area contributed by atoms with Crippen LogP contribution in [0.15, 0.2) is 18.3 Å². The van der Waals surface area contributed by atoms with E-state index in [0.717, 1.165) is 0 Å². The quantitative estimate of drug-likeness (QED) is 0.596. The van der Waals surface area contributed by atoms with Crippen LogP contribution in [0.4, 0.5) is 0 Å². The van der Waals surface area contributed by atoms with E-state index in [2.05, 4.69) is 4.98 Å². The van der Waals surface area contributed by atoms with Crippen molar-refractivity contribution < 1.29 is 9.90 Å². The normalized spacial score (nSPS) is 12.5. The average molecular weight is 181 g/mol. The Morgan fingerprint density at radius 1 is 1.69 bits per heavy atom. The summed E-state index contributed by atoms with van der Waals surface area (Å²) in [7, 11) is 0. The second-order valence-corrected chi connectivity index (χ2v) is 2.59. The van der Waals surface area contributed by atoms with Crippen molar-refractivity contribution in [1.29, 1.82) is 0 Å². The van der Waals surface area contributed by atoms with Gasteiger partial charge in [0.2, 0.25) is 0 Å². The highest BCUT2D eigenvalue weighted by atomic mass is 16.4. The molecule has 5 nitrogen and oxygen atoms in total. The molecule has 1 heterocycles. The Hall–Kier alpha value is -1.46. The number of nitrogens with two attached hydrogens (primary N) is 2. The van der Waals surface area contributed by atoms with Crippen molar-refractivity contribution in [2.75, 3.05) is 6.54 Å². The summed E-state index contributed by atoms with van der Waals surface area (Å²) in [6, 6.07) is 2.78. The number of rotatable bonds is 3. The van der Waals surface area contributed by atoms with E-state index in [0.29, 0.717) is 5.56 Å². The molecular formula is C8H11N3O2. The van der Waals surface area contributed by atoms with Crippen LogP contribution < -0.4 is 11.5 Å². The van der Waals surface area contributed by atoms with E-state index in [4.69, 9.17) is 16.6 Å². The molecule has 0 fully saturated rings. The standard InChI is InChI=1S/C8H11N3O2/c9-4-6(10)5-2-1-3-11-7(5)8(12)13/h1-3,6H,4,9-10H2,(H,12,13)/t6-/m1/s1. The summed E-state index contributed by atoms with van der Waals surface area (Å²) in [6.45, 7) is 0.200. The van der Waals surface area contributed by atoms with Gasteiger partial charge in [-0.15, -0.1) is 0 Å². The lowest BCUT2D eigenvalue weighted by Gasteiger charge is -2.10. The minimum atomic E-state index is -1.08. The third kappa shape index (κ3) is 2.01. The predicted molar refractivity (Wildman–Crippen MR) is 47.2 cm³/mol. The lowest BCUT2D eigenvalue weighted by molar-refractivity contribution is 0.0688. The number of hydrogen-bond donors (Lipinski definition) is 3. The molecular weight excluding hydrogens is 170 g/mol. The largest absolute Gasteiger partial charge is 0.477 e. The molecule has 0 aliphatic rings. The minimum Gasteiger partial charge on any atom is -0.477 e. The maximum atomic E-state index is 10.7. The molecule has 1 aromatic rings. The summed E-state index contributed by atoms with van der Waals surface area (Å²) in [5.41, 5.74) is 11.4. The van der Waals surface area contributed by atoms with Crippen LogP contribution >= 0.6 is 0 Å². The monoisotopic (exact) mass is 181 g/mol. The number of nitrogens with zero attached hydrogens (tertiary/aromatic N) is 1. The third-order valence-corrected chi connectivity index (χ3v) is 1.69. The van der Waals surface area contributed by atoms with Crippen LogP contribution in [-0.4, -0.2) is 22.6 Å². The predicted octanol–water partition coefficient (Wildman–Crippen LogP) is -0.262. The highest BCUT2D eigenvalue weighted by Gasteiger charge is 2.15. The first-order valence-corrected chi connectivity index (χ1v) is 3.80. The van der Waals surface area contributed by atoms with E-state index in [9.17, 15) is 4.79 Å². The Balaban J connectivity index is 3.11. The average Bonchev–Trinajstić information content (AvgIpc) is 2.16. The lowest BCUT2D eigenvalue weighted by atomic mass is 10.1. The highest BCUT2D eigenvalue weighted by molar-refractivity contribution is 5.87. The number of carboxylic acids is 1. The molecule has 0 saturated heterocycles. The van der Waals surface area contributed by atoms with Gasteiger partial charge in [0.05, 0.1) is 0 Å². The molecule has 70 valence electrons. The molecule has 0 unspecified atom stereocenters. The zero-order valence-electron chi connectivity index (χ0n) is 6.97. The number of carbonyl (C=O) groups is 1. The molecule has 5 N–H and O–H groups in total. The SMILES string of the molecule is NC[C@@H](N)c1cccnc1C(=O)O. The van der Waals surface area contributed by atoms with Crippen LogP contribution in [-0.2, 0) is 0 Å². The summed E-state index contributed by atoms with van der Waals surface area (Å²) < 4.78 is 0. The van der Waals surface area contributed by atoms with Crippen molar-refractivity contribution in [3.8, 4) is 0 Å². The Kier molecular flexibility index (Phi) is 2.94. The molecule has 1 atom stereocenters. The molecule has 0 aromatic carbocycles. The Bertz CT molecular complexity index is 314. The van der Waals surface area contributed by atoms with Crippen molar-refractivity contribution in [2.24, 2.45) is 11.5 Å². The molecule has 1 aromatic heterocycles. The maximum Gasteiger partial charge on any atom is 0.354 e. The smallest absolute Gasteiger partial charge is 0.354 e. The molecule has 0 spiro atoms. The van der Waals surface area contributed by atoms with Gasteiger partial charge in [0.15, 0.2) is 5.69 Å². The van der Waals surface area contributed by atoms with Gasteiger partial charge in [0.1, 0.15) is 0 Å². The molecule has 0 radical (unpaired) electrons. The third-order valence-electron chi connectivity index (χ3n) is 1.69. The van der Waals surface area contributed by atoms with E-state index < -0.39 is 12.0 Å². The first-order chi connectivity index (χ1) is 6.16. The van der Waals surface area contributed by atoms with Crippen LogP contribution in [0.5, 0.6) is 0 Å². The summed E-state index contributed by atoms with van der Waals surface area (Å²) >= 11 is 0. The van der Waals surface area contributed by atoms with Gasteiger partial charge in [0.25, 0.3) is 0 Å². The van der Waals surface area contributed by atoms with Crippen molar-refractivity contribution >= 4 is 5.97 Å². The molecule has 13 heavy (non-hydrogen) atoms. The number of hydrogen-bond acceptors (Lipinski definition) is 4. The van der Waals surface area contributed by atoms with Crippen LogP contribution in [0, 0.1) is 0 Å². The van der Waals surface area contributed by atoms with Gasteiger partial charge < -0.3 is 16.6 Å². The fourth-order valence-corrected chi connectivity index (χ4v) is 1.02. The first-order valence-electron chi connectivity index (χ1n) is 3.80. The molecule has 0 amide bonds. The lowest BCUT2D eigenvalue weighted by Crippen LogP contribution is -2.23. The molecule has 1 rings (SSSR count). The van der Waals surface area contributed by atoms with Crippen molar-refractivity contribution in [3.05, 3.63) is 29.6 Å². The topological polar surface area (TPSA) is 102 Å². The number of pyridine rings is 1. The van der Waals surface area contributed by atoms with Crippen molar-refractivity contribution in [3.63, 3.8) is 0 Å². The van der Waals surface area contributed by atoms with E-state index >= 15 is 0 Å². The number of aromatic nitrogens is 1. The van der Waals surface area contributed by atoms with Crippen molar-refractivity contribution in [1.82, 2.24) is 4.98 Å². The van der Waals surface area contributed by atoms with Gasteiger partial charge in [-0.1, -0.05) is 6.07 Å². The van der Waals surface area contributed by atoms with Gasteiger partial charge in [-0.05, 0) is 6.07 Å². The van der Waals surface area contributed by atoms with Crippen molar-refractivity contribution in [2.45, 2.75) is 6.04 Å². The molecule has 5 heteroatoms. The summed E-state index contributed by atoms with van der Waals surface area (Å²) in [6.07, 6.45) is 1.41. The number of aromatic carboxylic acids is 1. The van der Waals surface area contributed by atoms with Gasteiger partial charge in [0, 0.05) is 24.3 Å². The maximum absolute atomic E-state index is 10.7. The Labute approximate surface area is 75.4 Å². The van der Waals surface area contributed by atoms with E-state index in [1.807, 2.05) is 0 Å². The van der Waals surface area contributed by atoms with Gasteiger partial charge in [-0.3, -0.25) is 0 Å². The van der Waals surface area contributed by atoms with Crippen LogP contribution in [0.3, 0.4) is 0 Å². The molecule has 0 bridgehead atoms. The molecule has 0 saturated carbocycles. The highest BCUT2D eigenvalue weighted by Crippen LogP contribution is 2.12. The summed E-state index contributed by atoms with van der Waals surface area (Å²) in [5.74, 6) is -1.08. The van der Waals surface area contributed by atoms with Gasteiger partial charge in [-0.2, -0.15) is 0 Å². The fourth-order valence-electron chi connectivity index (χ4n) is 1.02. The first kappa shape index (κ1) is 9.63. The second-order valence-electron chi connectivity index (χ2n) is 2.59. The van der Waals surface area contributed by atoms with Crippen LogP contribution in [0.25, 0.3) is 0 Å². The number of carboxylic acid groups (broad SMARTS) is 1. The molecule has 0 aliphatic carbocycles. The summed E-state index contributed by atoms with van der Waals surface area (Å²) in [4.78, 5) is 14.4. The zero-order chi connectivity index (χ0) is 9.84. The Morgan fingerprint density at radius 2 is 2.38 bits per heavy atom. The zero-order valence-corrected chi connectivity index (χ0v) is 6.97. The second kappa shape index (κ2) is 3.97. The molecule has 0 aliphatic heterocycles. The fraction of sp³-hybridized carbons (Fsp3) is 0.250. The van der Waals surface area contributed by atoms with E-state index in [-0.39, 0.29) is 12.2 Å². The van der Waals surface area contributed by atoms with Crippen LogP contribution in [0.1, 0.15) is 22.1 Å². The van der Waals surface area contributed by atoms with E-state index in [1.54, 1.807) is 12.1 Å². The Morgan fingerprint density at radius 3 is 2.92 bits per heavy atom. The minimum absolute atomic E-state index is 0.0274. The summed E-state index contributed by atoms with van der Waals surface area (Å²) in [5, 5.41) is 8.75. The van der Waals surface area contributed by atoms with Gasteiger partial charge in [-0.25, -0.2) is 9.78 Å².